The number of hydrogen-bond donors (Lipinski definition) is 0. The van der Waals surface area contributed by atoms with Crippen molar-refractivity contribution in [1.82, 2.24) is 0 Å². The highest BCUT2D eigenvalue weighted by atomic mass is 13.9. The Kier molecular flexibility index (Phi) is 6.31. The van der Waals surface area contributed by atoms with E-state index in [4.69, 9.17) is 0 Å². The first-order valence-electron chi connectivity index (χ1n) is 5.71. The zero-order valence-electron chi connectivity index (χ0n) is 9.52. The first kappa shape index (κ1) is 11.8. The lowest BCUT2D eigenvalue weighted by Gasteiger charge is -1.92. The van der Waals surface area contributed by atoms with E-state index in [1.165, 1.54) is 31.2 Å². The molecule has 0 aliphatic heterocycles. The van der Waals surface area contributed by atoms with Crippen molar-refractivity contribution in [1.29, 1.82) is 0 Å². The molecule has 0 spiro atoms. The van der Waals surface area contributed by atoms with E-state index >= 15 is 0 Å². The second-order valence-electron chi connectivity index (χ2n) is 3.75. The highest BCUT2D eigenvalue weighted by Crippen LogP contribution is 2.02. The van der Waals surface area contributed by atoms with Crippen LogP contribution in [0.4, 0.5) is 0 Å². The van der Waals surface area contributed by atoms with Gasteiger partial charge in [0.1, 0.15) is 0 Å². The zero-order chi connectivity index (χ0) is 10.8. The average Bonchev–Trinajstić information content (AvgIpc) is 2.18. The Morgan fingerprint density at radius 3 is 1.33 bits per heavy atom. The molecule has 0 saturated heterocycles. The Hall–Kier alpha value is -1.30. The van der Waals surface area contributed by atoms with Gasteiger partial charge in [0.15, 0.2) is 0 Å². The van der Waals surface area contributed by atoms with Gasteiger partial charge in [-0.1, -0.05) is 60.2 Å². The van der Waals surface area contributed by atoms with E-state index in [0.29, 0.717) is 0 Å². The normalized spacial score (nSPS) is 14.7. The molecule has 1 aliphatic rings. The van der Waals surface area contributed by atoms with Crippen molar-refractivity contribution in [2.75, 3.05) is 0 Å². The summed E-state index contributed by atoms with van der Waals surface area (Å²) in [5, 5.41) is 0. The van der Waals surface area contributed by atoms with E-state index in [1.54, 1.807) is 0 Å². The highest BCUT2D eigenvalue weighted by Gasteiger charge is 1.81. The number of rotatable bonds is 0. The molecule has 1 aliphatic carbocycles. The third-order valence-corrected chi connectivity index (χ3v) is 2.27. The summed E-state index contributed by atoms with van der Waals surface area (Å²) in [4.78, 5) is 0. The van der Waals surface area contributed by atoms with E-state index in [-0.39, 0.29) is 0 Å². The average molecular weight is 200 g/mol. The van der Waals surface area contributed by atoms with Gasteiger partial charge < -0.3 is 0 Å². The van der Waals surface area contributed by atoms with Crippen molar-refractivity contribution >= 4 is 0 Å². The molecule has 0 aromatic heterocycles. The third kappa shape index (κ3) is 6.73. The summed E-state index contributed by atoms with van der Waals surface area (Å²) in [5.41, 5.74) is 1.32. The Morgan fingerprint density at radius 2 is 1.07 bits per heavy atom. The quantitative estimate of drug-likeness (QED) is 0.534. The summed E-state index contributed by atoms with van der Waals surface area (Å²) < 4.78 is 0. The summed E-state index contributed by atoms with van der Waals surface area (Å²) >= 11 is 0. The van der Waals surface area contributed by atoms with Crippen LogP contribution in [0, 0.1) is 6.92 Å². The molecule has 0 heterocycles. The van der Waals surface area contributed by atoms with E-state index in [0.717, 1.165) is 0 Å². The zero-order valence-corrected chi connectivity index (χ0v) is 9.52. The lowest BCUT2D eigenvalue weighted by atomic mass is 10.1. The summed E-state index contributed by atoms with van der Waals surface area (Å²) in [6, 6.07) is 10.3. The predicted octanol–water partition coefficient (Wildman–Crippen LogP) is 4.67. The summed E-state index contributed by atoms with van der Waals surface area (Å²) in [7, 11) is 0. The highest BCUT2D eigenvalue weighted by molar-refractivity contribution is 5.11. The van der Waals surface area contributed by atoms with E-state index in [9.17, 15) is 0 Å². The van der Waals surface area contributed by atoms with Gasteiger partial charge in [0, 0.05) is 0 Å². The minimum atomic E-state index is 1.23. The van der Waals surface area contributed by atoms with Crippen LogP contribution in [0.5, 0.6) is 0 Å². The van der Waals surface area contributed by atoms with Crippen LogP contribution in [0.2, 0.25) is 0 Å². The summed E-state index contributed by atoms with van der Waals surface area (Å²) in [6.45, 7) is 2.08. The predicted molar refractivity (Wildman–Crippen MR) is 67.9 cm³/mol. The minimum absolute atomic E-state index is 1.23. The molecular weight excluding hydrogens is 180 g/mol. The van der Waals surface area contributed by atoms with Crippen LogP contribution in [0.25, 0.3) is 0 Å². The van der Waals surface area contributed by atoms with Gasteiger partial charge in [-0.25, -0.2) is 0 Å². The molecule has 1 aromatic rings. The monoisotopic (exact) mass is 200 g/mol. The molecule has 1 aromatic carbocycles. The molecule has 0 radical (unpaired) electrons. The van der Waals surface area contributed by atoms with Crippen molar-refractivity contribution in [3.05, 3.63) is 60.2 Å². The Balaban J connectivity index is 0.000000151. The van der Waals surface area contributed by atoms with Crippen LogP contribution >= 0.6 is 0 Å². The molecule has 0 unspecified atom stereocenters. The van der Waals surface area contributed by atoms with Crippen molar-refractivity contribution in [3.63, 3.8) is 0 Å². The Labute approximate surface area is 93.3 Å². The van der Waals surface area contributed by atoms with Gasteiger partial charge in [-0.05, 0) is 32.6 Å². The number of benzene rings is 1. The number of allylic oxidation sites excluding steroid dienone is 4. The maximum Gasteiger partial charge on any atom is -0.0316 e. The molecule has 0 atom stereocenters. The first-order chi connectivity index (χ1) is 7.39. The van der Waals surface area contributed by atoms with Gasteiger partial charge in [-0.3, -0.25) is 0 Å². The first-order valence-corrected chi connectivity index (χ1v) is 5.71. The maximum atomic E-state index is 2.27. The van der Waals surface area contributed by atoms with Crippen LogP contribution in [0.15, 0.2) is 54.6 Å². The van der Waals surface area contributed by atoms with Gasteiger partial charge >= 0.3 is 0 Å². The van der Waals surface area contributed by atoms with Crippen molar-refractivity contribution in [3.8, 4) is 0 Å². The molecule has 0 fully saturated rings. The van der Waals surface area contributed by atoms with Crippen molar-refractivity contribution < 1.29 is 0 Å². The third-order valence-electron chi connectivity index (χ3n) is 2.27. The Bertz CT molecular complexity index is 267. The number of hydrogen-bond acceptors (Lipinski definition) is 0. The van der Waals surface area contributed by atoms with Crippen molar-refractivity contribution in [2.45, 2.75) is 32.6 Å². The molecule has 15 heavy (non-hydrogen) atoms. The molecule has 0 saturated carbocycles. The second kappa shape index (κ2) is 8.05. The van der Waals surface area contributed by atoms with Gasteiger partial charge in [0.25, 0.3) is 0 Å². The van der Waals surface area contributed by atoms with Crippen molar-refractivity contribution in [2.24, 2.45) is 0 Å². The molecule has 0 bridgehead atoms. The van der Waals surface area contributed by atoms with Crippen LogP contribution in [-0.2, 0) is 0 Å². The smallest absolute Gasteiger partial charge is 0.0316 e. The topological polar surface area (TPSA) is 0 Å². The van der Waals surface area contributed by atoms with Crippen LogP contribution in [0.1, 0.15) is 31.2 Å². The minimum Gasteiger partial charge on any atom is -0.0882 e. The molecule has 2 rings (SSSR count). The fraction of sp³-hybridized carbons (Fsp3) is 0.333. The SMILES string of the molecule is C1=CCCC=CCC1.Cc1ccccc1. The van der Waals surface area contributed by atoms with E-state index < -0.39 is 0 Å². The van der Waals surface area contributed by atoms with Gasteiger partial charge in [-0.2, -0.15) is 0 Å². The lowest BCUT2D eigenvalue weighted by molar-refractivity contribution is 0.962. The molecule has 0 nitrogen and oxygen atoms in total. The molecular formula is C15H20. The molecule has 0 amide bonds. The summed E-state index contributed by atoms with van der Waals surface area (Å²) in [6.07, 6.45) is 14.0. The molecule has 80 valence electrons. The van der Waals surface area contributed by atoms with Crippen LogP contribution in [0.3, 0.4) is 0 Å². The van der Waals surface area contributed by atoms with Gasteiger partial charge in [0.2, 0.25) is 0 Å². The standard InChI is InChI=1S/C8H12.C7H8/c1-2-4-6-8-7-5-3-1;1-7-5-3-2-4-6-7/h1-2,7-8H,3-6H2;2-6H,1H3. The van der Waals surface area contributed by atoms with Crippen LogP contribution < -0.4 is 0 Å². The fourth-order valence-electron chi connectivity index (χ4n) is 1.39. The summed E-state index contributed by atoms with van der Waals surface area (Å²) in [5.74, 6) is 0. The van der Waals surface area contributed by atoms with Crippen LogP contribution in [-0.4, -0.2) is 0 Å². The largest absolute Gasteiger partial charge is 0.0882 e. The van der Waals surface area contributed by atoms with Gasteiger partial charge in [0.05, 0.1) is 0 Å². The van der Waals surface area contributed by atoms with E-state index in [1.807, 2.05) is 18.2 Å². The fourth-order valence-corrected chi connectivity index (χ4v) is 1.39. The van der Waals surface area contributed by atoms with Gasteiger partial charge in [-0.15, -0.1) is 0 Å². The maximum absolute atomic E-state index is 2.27. The molecule has 0 N–H and O–H groups in total. The second-order valence-corrected chi connectivity index (χ2v) is 3.75. The molecule has 0 heteroatoms. The number of aryl methyl sites for hydroxylation is 1. The Morgan fingerprint density at radius 1 is 0.667 bits per heavy atom. The lowest BCUT2D eigenvalue weighted by Crippen LogP contribution is -1.71. The van der Waals surface area contributed by atoms with E-state index in [2.05, 4.69) is 43.4 Å².